The molecule has 0 amide bonds. The summed E-state index contributed by atoms with van der Waals surface area (Å²) in [6.45, 7) is 5.72. The fourth-order valence-corrected chi connectivity index (χ4v) is 3.53. The van der Waals surface area contributed by atoms with Crippen LogP contribution < -0.4 is 5.73 Å². The highest BCUT2D eigenvalue weighted by Gasteiger charge is 2.40. The summed E-state index contributed by atoms with van der Waals surface area (Å²) in [5.41, 5.74) is 7.27. The Morgan fingerprint density at radius 3 is 2.45 bits per heavy atom. The van der Waals surface area contributed by atoms with Crippen molar-refractivity contribution in [2.75, 3.05) is 13.6 Å². The highest BCUT2D eigenvalue weighted by atomic mass is 35.5. The number of nitrogens with zero attached hydrogens (tertiary/aromatic N) is 1. The van der Waals surface area contributed by atoms with Crippen LogP contribution in [0.5, 0.6) is 0 Å². The van der Waals surface area contributed by atoms with E-state index in [0.29, 0.717) is 6.54 Å². The van der Waals surface area contributed by atoms with Crippen molar-refractivity contribution in [2.45, 2.75) is 51.0 Å². The van der Waals surface area contributed by atoms with Crippen LogP contribution in [0.1, 0.15) is 32.3 Å². The standard InChI is InChI=1S/C16H25ClN2O/c1-12-8-16(11-18,9-13(2)20-12)19(3)10-14-6-4-5-7-15(14)17/h4-7,12-13H,8-11,18H2,1-3H3. The molecule has 1 aliphatic heterocycles. The van der Waals surface area contributed by atoms with E-state index in [1.54, 1.807) is 0 Å². The molecule has 1 aliphatic rings. The summed E-state index contributed by atoms with van der Waals surface area (Å²) in [5, 5.41) is 0.819. The van der Waals surface area contributed by atoms with Crippen LogP contribution in [0.4, 0.5) is 0 Å². The molecule has 0 radical (unpaired) electrons. The average molecular weight is 297 g/mol. The van der Waals surface area contributed by atoms with Gasteiger partial charge in [-0.3, -0.25) is 4.90 Å². The number of benzene rings is 1. The second-order valence-electron chi connectivity index (χ2n) is 6.04. The minimum absolute atomic E-state index is 0.00372. The SMILES string of the molecule is CC1CC(CN)(N(C)Cc2ccccc2Cl)CC(C)O1. The topological polar surface area (TPSA) is 38.5 Å². The lowest BCUT2D eigenvalue weighted by molar-refractivity contribution is -0.0993. The van der Waals surface area contributed by atoms with Crippen LogP contribution in [-0.2, 0) is 11.3 Å². The first kappa shape index (κ1) is 15.8. The number of rotatable bonds is 4. The molecule has 3 nitrogen and oxygen atoms in total. The van der Waals surface area contributed by atoms with E-state index in [0.717, 1.165) is 30.0 Å². The summed E-state index contributed by atoms with van der Waals surface area (Å²) in [7, 11) is 2.14. The van der Waals surface area contributed by atoms with Gasteiger partial charge in [-0.1, -0.05) is 29.8 Å². The summed E-state index contributed by atoms with van der Waals surface area (Å²) < 4.78 is 5.86. The van der Waals surface area contributed by atoms with Crippen LogP contribution in [-0.4, -0.2) is 36.2 Å². The number of hydrogen-bond acceptors (Lipinski definition) is 3. The minimum atomic E-state index is -0.00372. The number of hydrogen-bond donors (Lipinski definition) is 1. The molecular formula is C16H25ClN2O. The van der Waals surface area contributed by atoms with E-state index in [1.807, 2.05) is 18.2 Å². The molecule has 2 atom stereocenters. The molecule has 1 fully saturated rings. The molecule has 2 rings (SSSR count). The van der Waals surface area contributed by atoms with Crippen molar-refractivity contribution >= 4 is 11.6 Å². The van der Waals surface area contributed by atoms with Crippen LogP contribution in [0, 0.1) is 0 Å². The Morgan fingerprint density at radius 2 is 1.90 bits per heavy atom. The Kier molecular flexibility index (Phi) is 5.08. The molecule has 20 heavy (non-hydrogen) atoms. The van der Waals surface area contributed by atoms with Gasteiger partial charge < -0.3 is 10.5 Å². The van der Waals surface area contributed by atoms with Gasteiger partial charge in [-0.05, 0) is 45.4 Å². The van der Waals surface area contributed by atoms with E-state index in [2.05, 4.69) is 31.9 Å². The number of likely N-dealkylation sites (N-methyl/N-ethyl adjacent to an activating group) is 1. The highest BCUT2D eigenvalue weighted by molar-refractivity contribution is 6.31. The molecule has 0 aromatic heterocycles. The maximum Gasteiger partial charge on any atom is 0.0568 e. The Hall–Kier alpha value is -0.610. The molecule has 0 aliphatic carbocycles. The van der Waals surface area contributed by atoms with E-state index < -0.39 is 0 Å². The zero-order valence-electron chi connectivity index (χ0n) is 12.6. The smallest absolute Gasteiger partial charge is 0.0568 e. The summed E-state index contributed by atoms with van der Waals surface area (Å²) in [6.07, 6.45) is 2.43. The molecular weight excluding hydrogens is 272 g/mol. The maximum absolute atomic E-state index is 6.27. The molecule has 4 heteroatoms. The molecule has 2 N–H and O–H groups in total. The molecule has 1 aromatic carbocycles. The highest BCUT2D eigenvalue weighted by Crippen LogP contribution is 2.34. The van der Waals surface area contributed by atoms with Gasteiger partial charge in [0.15, 0.2) is 0 Å². The molecule has 0 saturated carbocycles. The summed E-state index contributed by atoms with van der Waals surface area (Å²) in [5.74, 6) is 0. The summed E-state index contributed by atoms with van der Waals surface area (Å²) in [4.78, 5) is 2.35. The predicted molar refractivity (Wildman–Crippen MR) is 83.9 cm³/mol. The van der Waals surface area contributed by atoms with Gasteiger partial charge in [0, 0.05) is 23.7 Å². The molecule has 1 aromatic rings. The van der Waals surface area contributed by atoms with Crippen LogP contribution in [0.15, 0.2) is 24.3 Å². The minimum Gasteiger partial charge on any atom is -0.375 e. The van der Waals surface area contributed by atoms with Gasteiger partial charge in [0.25, 0.3) is 0 Å². The van der Waals surface area contributed by atoms with Crippen molar-refractivity contribution in [2.24, 2.45) is 5.73 Å². The Morgan fingerprint density at radius 1 is 1.30 bits per heavy atom. The first-order valence-electron chi connectivity index (χ1n) is 7.27. The largest absolute Gasteiger partial charge is 0.375 e. The Bertz CT molecular complexity index is 442. The van der Waals surface area contributed by atoms with E-state index in [4.69, 9.17) is 22.1 Å². The molecule has 112 valence electrons. The van der Waals surface area contributed by atoms with E-state index in [9.17, 15) is 0 Å². The first-order chi connectivity index (χ1) is 9.47. The van der Waals surface area contributed by atoms with Crippen molar-refractivity contribution in [1.29, 1.82) is 0 Å². The van der Waals surface area contributed by atoms with E-state index in [1.165, 1.54) is 0 Å². The lowest BCUT2D eigenvalue weighted by atomic mass is 9.82. The lowest BCUT2D eigenvalue weighted by Crippen LogP contribution is -2.58. The molecule has 0 bridgehead atoms. The van der Waals surface area contributed by atoms with Gasteiger partial charge in [-0.2, -0.15) is 0 Å². The normalized spacial score (nSPS) is 30.7. The molecule has 2 unspecified atom stereocenters. The zero-order chi connectivity index (χ0) is 14.8. The van der Waals surface area contributed by atoms with E-state index in [-0.39, 0.29) is 17.7 Å². The van der Waals surface area contributed by atoms with Crippen LogP contribution in [0.25, 0.3) is 0 Å². The van der Waals surface area contributed by atoms with Gasteiger partial charge in [-0.25, -0.2) is 0 Å². The van der Waals surface area contributed by atoms with Gasteiger partial charge >= 0.3 is 0 Å². The third-order valence-electron chi connectivity index (χ3n) is 4.35. The van der Waals surface area contributed by atoms with Crippen molar-refractivity contribution < 1.29 is 4.74 Å². The lowest BCUT2D eigenvalue weighted by Gasteiger charge is -2.48. The fourth-order valence-electron chi connectivity index (χ4n) is 3.33. The number of nitrogens with two attached hydrogens (primary N) is 1. The van der Waals surface area contributed by atoms with Gasteiger partial charge in [0.1, 0.15) is 0 Å². The third-order valence-corrected chi connectivity index (χ3v) is 4.72. The monoisotopic (exact) mass is 296 g/mol. The molecule has 1 saturated heterocycles. The summed E-state index contributed by atoms with van der Waals surface area (Å²) in [6, 6.07) is 8.01. The van der Waals surface area contributed by atoms with Crippen LogP contribution in [0.3, 0.4) is 0 Å². The van der Waals surface area contributed by atoms with Crippen molar-refractivity contribution in [1.82, 2.24) is 4.90 Å². The predicted octanol–water partition coefficient (Wildman–Crippen LogP) is 3.06. The average Bonchev–Trinajstić information content (AvgIpc) is 2.40. The van der Waals surface area contributed by atoms with Gasteiger partial charge in [0.05, 0.1) is 12.2 Å². The second kappa shape index (κ2) is 6.44. The molecule has 0 spiro atoms. The van der Waals surface area contributed by atoms with E-state index >= 15 is 0 Å². The third kappa shape index (κ3) is 3.34. The summed E-state index contributed by atoms with van der Waals surface area (Å²) >= 11 is 6.27. The van der Waals surface area contributed by atoms with Crippen LogP contribution in [0.2, 0.25) is 5.02 Å². The van der Waals surface area contributed by atoms with Crippen molar-refractivity contribution in [3.05, 3.63) is 34.9 Å². The van der Waals surface area contributed by atoms with Crippen molar-refractivity contribution in [3.63, 3.8) is 0 Å². The molecule has 1 heterocycles. The number of ether oxygens (including phenoxy) is 1. The first-order valence-corrected chi connectivity index (χ1v) is 7.65. The maximum atomic E-state index is 6.27. The number of halogens is 1. The second-order valence-corrected chi connectivity index (χ2v) is 6.45. The Labute approximate surface area is 127 Å². The van der Waals surface area contributed by atoms with Gasteiger partial charge in [0.2, 0.25) is 0 Å². The van der Waals surface area contributed by atoms with Crippen LogP contribution >= 0.6 is 11.6 Å². The van der Waals surface area contributed by atoms with Crippen molar-refractivity contribution in [3.8, 4) is 0 Å². The quantitative estimate of drug-likeness (QED) is 0.928. The van der Waals surface area contributed by atoms with Gasteiger partial charge in [-0.15, -0.1) is 0 Å². The zero-order valence-corrected chi connectivity index (χ0v) is 13.4. The fraction of sp³-hybridized carbons (Fsp3) is 0.625. The Balaban J connectivity index is 2.16.